The maximum Gasteiger partial charge on any atom is 0.407 e. The molecule has 0 aliphatic rings. The molecule has 0 radical (unpaired) electrons. The van der Waals surface area contributed by atoms with Crippen molar-refractivity contribution in [1.29, 1.82) is 0 Å². The number of hydrogen-bond donors (Lipinski definition) is 5. The van der Waals surface area contributed by atoms with Gasteiger partial charge in [-0.25, -0.2) is 9.59 Å². The molecule has 9 heteroatoms. The van der Waals surface area contributed by atoms with Gasteiger partial charge in [0.1, 0.15) is 17.3 Å². The first-order valence-electron chi connectivity index (χ1n) is 8.71. The molecule has 152 valence electrons. The molecule has 1 aromatic heterocycles. The summed E-state index contributed by atoms with van der Waals surface area (Å²) in [5, 5.41) is 32.2. The second-order valence-electron chi connectivity index (χ2n) is 7.37. The molecule has 2 rings (SSSR count). The second kappa shape index (κ2) is 8.41. The van der Waals surface area contributed by atoms with Gasteiger partial charge in [-0.15, -0.1) is 0 Å². The van der Waals surface area contributed by atoms with Crippen LogP contribution in [0.25, 0.3) is 10.9 Å². The number of H-pyrrole nitrogens is 1. The van der Waals surface area contributed by atoms with Gasteiger partial charge in [0.2, 0.25) is 5.43 Å². The Kier molecular flexibility index (Phi) is 6.42. The maximum absolute atomic E-state index is 12.3. The monoisotopic (exact) mass is 392 g/mol. The number of aliphatic hydroxyl groups excluding tert-OH is 2. The summed E-state index contributed by atoms with van der Waals surface area (Å²) in [5.74, 6) is -1.36. The molecular formula is C19H24N2O7. The summed E-state index contributed by atoms with van der Waals surface area (Å²) < 4.78 is 5.08. The van der Waals surface area contributed by atoms with Crippen LogP contribution in [-0.2, 0) is 4.74 Å². The molecule has 0 spiro atoms. The minimum absolute atomic E-state index is 0.0456. The number of ether oxygens (including phenoxy) is 1. The van der Waals surface area contributed by atoms with Crippen molar-refractivity contribution in [2.45, 2.75) is 45.0 Å². The molecule has 0 fully saturated rings. The van der Waals surface area contributed by atoms with Crippen molar-refractivity contribution in [2.75, 3.05) is 6.54 Å². The fourth-order valence-electron chi connectivity index (χ4n) is 2.60. The molecule has 9 nitrogen and oxygen atoms in total. The first kappa shape index (κ1) is 21.4. The molecule has 0 bridgehead atoms. The highest BCUT2D eigenvalue weighted by Crippen LogP contribution is 2.22. The third-order valence-corrected chi connectivity index (χ3v) is 3.95. The largest absolute Gasteiger partial charge is 0.477 e. The van der Waals surface area contributed by atoms with E-state index in [1.54, 1.807) is 20.8 Å². The molecule has 0 saturated heterocycles. The number of rotatable bonds is 6. The fraction of sp³-hybridized carbons (Fsp3) is 0.421. The van der Waals surface area contributed by atoms with Gasteiger partial charge >= 0.3 is 12.1 Å². The number of alkyl carbamates (subject to hydrolysis) is 1. The van der Waals surface area contributed by atoms with Crippen LogP contribution in [-0.4, -0.2) is 50.6 Å². The number of carbonyl (C=O) groups is 2. The molecule has 1 aromatic carbocycles. The summed E-state index contributed by atoms with van der Waals surface area (Å²) >= 11 is 0. The van der Waals surface area contributed by atoms with Crippen LogP contribution in [0.3, 0.4) is 0 Å². The van der Waals surface area contributed by atoms with Gasteiger partial charge in [-0.2, -0.15) is 0 Å². The number of carbonyl (C=O) groups excluding carboxylic acids is 1. The van der Waals surface area contributed by atoms with E-state index in [4.69, 9.17) is 9.84 Å². The minimum atomic E-state index is -1.36. The van der Waals surface area contributed by atoms with Gasteiger partial charge in [0.15, 0.2) is 0 Å². The Balaban J connectivity index is 2.08. The van der Waals surface area contributed by atoms with Crippen LogP contribution in [0.2, 0.25) is 0 Å². The molecule has 1 amide bonds. The lowest BCUT2D eigenvalue weighted by molar-refractivity contribution is 0.0124. The lowest BCUT2D eigenvalue weighted by atomic mass is 9.99. The topological polar surface area (TPSA) is 149 Å². The molecule has 28 heavy (non-hydrogen) atoms. The Morgan fingerprint density at radius 1 is 1.25 bits per heavy atom. The Bertz CT molecular complexity index is 930. The van der Waals surface area contributed by atoms with Gasteiger partial charge in [-0.3, -0.25) is 4.79 Å². The summed E-state index contributed by atoms with van der Waals surface area (Å²) in [4.78, 5) is 37.7. The molecule has 2 atom stereocenters. The van der Waals surface area contributed by atoms with Gasteiger partial charge in [0.25, 0.3) is 0 Å². The van der Waals surface area contributed by atoms with E-state index in [1.807, 2.05) is 0 Å². The van der Waals surface area contributed by atoms with Crippen molar-refractivity contribution in [3.05, 3.63) is 45.7 Å². The number of aromatic carboxylic acids is 1. The highest BCUT2D eigenvalue weighted by molar-refractivity contribution is 5.92. The van der Waals surface area contributed by atoms with Gasteiger partial charge in [-0.05, 0) is 44.9 Å². The van der Waals surface area contributed by atoms with E-state index in [-0.39, 0.29) is 23.9 Å². The standard InChI is InChI=1S/C19H24N2O7/c1-19(2,3)28-18(27)20-7-6-14(22)15(23)10-4-5-13-11(8-10)16(24)12(9-21-13)17(25)26/h4-5,8-9,14-15,22-23H,6-7H2,1-3H3,(H,20,27)(H,21,24)(H,25,26). The number of carboxylic acid groups (broad SMARTS) is 1. The number of amides is 1. The smallest absolute Gasteiger partial charge is 0.407 e. The second-order valence-corrected chi connectivity index (χ2v) is 7.37. The number of carboxylic acids is 1. The molecule has 0 aliphatic heterocycles. The summed E-state index contributed by atoms with van der Waals surface area (Å²) in [5.41, 5.74) is -1.08. The van der Waals surface area contributed by atoms with Crippen molar-refractivity contribution in [3.8, 4) is 0 Å². The maximum atomic E-state index is 12.3. The molecule has 2 aromatic rings. The summed E-state index contributed by atoms with van der Waals surface area (Å²) in [6, 6.07) is 4.39. The molecule has 5 N–H and O–H groups in total. The predicted octanol–water partition coefficient (Wildman–Crippen LogP) is 1.54. The first-order chi connectivity index (χ1) is 13.0. The van der Waals surface area contributed by atoms with Gasteiger partial charge in [0, 0.05) is 23.6 Å². The normalized spacial score (nSPS) is 13.8. The van der Waals surface area contributed by atoms with E-state index in [2.05, 4.69) is 10.3 Å². The van der Waals surface area contributed by atoms with E-state index < -0.39 is 40.9 Å². The van der Waals surface area contributed by atoms with E-state index in [0.29, 0.717) is 5.52 Å². The number of aromatic amines is 1. The van der Waals surface area contributed by atoms with Crippen molar-refractivity contribution in [1.82, 2.24) is 10.3 Å². The summed E-state index contributed by atoms with van der Waals surface area (Å²) in [7, 11) is 0. The number of nitrogens with one attached hydrogen (secondary N) is 2. The molecule has 2 unspecified atom stereocenters. The number of aromatic nitrogens is 1. The van der Waals surface area contributed by atoms with Crippen molar-refractivity contribution < 1.29 is 29.6 Å². The van der Waals surface area contributed by atoms with Gasteiger partial charge < -0.3 is 30.4 Å². The number of pyridine rings is 1. The lowest BCUT2D eigenvalue weighted by Crippen LogP contribution is -2.34. The molecular weight excluding hydrogens is 368 g/mol. The van der Waals surface area contributed by atoms with Crippen LogP contribution >= 0.6 is 0 Å². The number of hydrogen-bond acceptors (Lipinski definition) is 6. The lowest BCUT2D eigenvalue weighted by Gasteiger charge is -2.21. The molecule has 1 heterocycles. The Hall–Kier alpha value is -2.91. The van der Waals surface area contributed by atoms with Crippen LogP contribution in [0.1, 0.15) is 49.2 Å². The van der Waals surface area contributed by atoms with E-state index >= 15 is 0 Å². The Morgan fingerprint density at radius 2 is 1.93 bits per heavy atom. The molecule has 0 aliphatic carbocycles. The summed E-state index contributed by atoms with van der Waals surface area (Å²) in [6.45, 7) is 5.25. The third kappa shape index (κ3) is 5.30. The quantitative estimate of drug-likeness (QED) is 0.500. The van der Waals surface area contributed by atoms with Crippen molar-refractivity contribution in [2.24, 2.45) is 0 Å². The minimum Gasteiger partial charge on any atom is -0.477 e. The van der Waals surface area contributed by atoms with Gasteiger partial charge in [0.05, 0.1) is 6.10 Å². The van der Waals surface area contributed by atoms with E-state index in [0.717, 1.165) is 6.20 Å². The number of benzene rings is 1. The van der Waals surface area contributed by atoms with Crippen LogP contribution in [0.5, 0.6) is 0 Å². The van der Waals surface area contributed by atoms with Crippen LogP contribution in [0.15, 0.2) is 29.2 Å². The highest BCUT2D eigenvalue weighted by atomic mass is 16.6. The third-order valence-electron chi connectivity index (χ3n) is 3.95. The zero-order valence-corrected chi connectivity index (χ0v) is 15.9. The highest BCUT2D eigenvalue weighted by Gasteiger charge is 2.21. The van der Waals surface area contributed by atoms with Gasteiger partial charge in [-0.1, -0.05) is 6.07 Å². The van der Waals surface area contributed by atoms with Crippen LogP contribution < -0.4 is 10.7 Å². The Labute approximate surface area is 161 Å². The zero-order chi connectivity index (χ0) is 21.1. The first-order valence-corrected chi connectivity index (χ1v) is 8.71. The Morgan fingerprint density at radius 3 is 2.54 bits per heavy atom. The molecule has 0 saturated carbocycles. The number of aliphatic hydroxyl groups is 2. The summed E-state index contributed by atoms with van der Waals surface area (Å²) in [6.07, 6.45) is -2.01. The van der Waals surface area contributed by atoms with E-state index in [9.17, 15) is 24.6 Å². The SMILES string of the molecule is CC(C)(C)OC(=O)NCCC(O)C(O)c1ccc2[nH]cc(C(=O)O)c(=O)c2c1. The average molecular weight is 392 g/mol. The van der Waals surface area contributed by atoms with Crippen LogP contribution in [0.4, 0.5) is 4.79 Å². The van der Waals surface area contributed by atoms with Crippen molar-refractivity contribution in [3.63, 3.8) is 0 Å². The number of fused-ring (bicyclic) bond motifs is 1. The van der Waals surface area contributed by atoms with Crippen LogP contribution in [0, 0.1) is 0 Å². The van der Waals surface area contributed by atoms with E-state index in [1.165, 1.54) is 18.2 Å². The van der Waals surface area contributed by atoms with Crippen molar-refractivity contribution >= 4 is 23.0 Å². The predicted molar refractivity (Wildman–Crippen MR) is 101 cm³/mol. The zero-order valence-electron chi connectivity index (χ0n) is 15.9. The fourth-order valence-corrected chi connectivity index (χ4v) is 2.60. The average Bonchev–Trinajstić information content (AvgIpc) is 2.59.